The van der Waals surface area contributed by atoms with Gasteiger partial charge in [-0.05, 0) is 31.9 Å². The third-order valence-electron chi connectivity index (χ3n) is 4.04. The van der Waals surface area contributed by atoms with Crippen LogP contribution in [0.5, 0.6) is 11.5 Å². The number of hydrogen-bond acceptors (Lipinski definition) is 7. The Labute approximate surface area is 147 Å². The topological polar surface area (TPSA) is 77.5 Å². The summed E-state index contributed by atoms with van der Waals surface area (Å²) in [4.78, 5) is 8.98. The standard InChI is InChI=1S/C18H24N4O3/c1-12-9-17(19-11-14-5-4-8-25-14)22-18(20-12)21-15-7-6-13(23-2)10-16(15)24-3/h6-7,9-10,14H,4-5,8,11H2,1-3H3,(H2,19,20,21,22). The van der Waals surface area contributed by atoms with Crippen LogP contribution < -0.4 is 20.1 Å². The molecule has 3 rings (SSSR count). The Balaban J connectivity index is 1.73. The highest BCUT2D eigenvalue weighted by molar-refractivity contribution is 5.65. The van der Waals surface area contributed by atoms with E-state index in [2.05, 4.69) is 20.6 Å². The average molecular weight is 344 g/mol. The first-order chi connectivity index (χ1) is 12.2. The molecule has 1 aliphatic heterocycles. The predicted octanol–water partition coefficient (Wildman–Crippen LogP) is 3.14. The minimum absolute atomic E-state index is 0.258. The first-order valence-corrected chi connectivity index (χ1v) is 8.38. The van der Waals surface area contributed by atoms with E-state index in [9.17, 15) is 0 Å². The Hall–Kier alpha value is -2.54. The molecule has 7 heteroatoms. The predicted molar refractivity (Wildman–Crippen MR) is 97.1 cm³/mol. The van der Waals surface area contributed by atoms with Crippen molar-refractivity contribution in [2.24, 2.45) is 0 Å². The van der Waals surface area contributed by atoms with E-state index in [1.807, 2.05) is 31.2 Å². The van der Waals surface area contributed by atoms with Crippen LogP contribution >= 0.6 is 0 Å². The summed E-state index contributed by atoms with van der Waals surface area (Å²) in [6.07, 6.45) is 2.47. The lowest BCUT2D eigenvalue weighted by molar-refractivity contribution is 0.120. The Bertz CT molecular complexity index is 717. The second kappa shape index (κ2) is 8.02. The fourth-order valence-corrected chi connectivity index (χ4v) is 2.76. The van der Waals surface area contributed by atoms with Crippen LogP contribution in [0.1, 0.15) is 18.5 Å². The van der Waals surface area contributed by atoms with Crippen molar-refractivity contribution in [3.63, 3.8) is 0 Å². The lowest BCUT2D eigenvalue weighted by Crippen LogP contribution is -2.19. The molecule has 7 nitrogen and oxygen atoms in total. The van der Waals surface area contributed by atoms with E-state index < -0.39 is 0 Å². The number of rotatable bonds is 7. The van der Waals surface area contributed by atoms with Gasteiger partial charge in [0.2, 0.25) is 5.95 Å². The van der Waals surface area contributed by atoms with Gasteiger partial charge in [0.25, 0.3) is 0 Å². The zero-order chi connectivity index (χ0) is 17.6. The lowest BCUT2D eigenvalue weighted by atomic mass is 10.2. The van der Waals surface area contributed by atoms with Crippen LogP contribution in [-0.4, -0.2) is 43.4 Å². The quantitative estimate of drug-likeness (QED) is 0.799. The zero-order valence-corrected chi connectivity index (χ0v) is 14.8. The second-order valence-corrected chi connectivity index (χ2v) is 5.93. The lowest BCUT2D eigenvalue weighted by Gasteiger charge is -2.14. The van der Waals surface area contributed by atoms with Crippen molar-refractivity contribution >= 4 is 17.5 Å². The van der Waals surface area contributed by atoms with Crippen LogP contribution in [-0.2, 0) is 4.74 Å². The molecule has 1 fully saturated rings. The van der Waals surface area contributed by atoms with Gasteiger partial charge in [0.15, 0.2) is 0 Å². The molecule has 2 aromatic rings. The number of benzene rings is 1. The van der Waals surface area contributed by atoms with E-state index in [-0.39, 0.29) is 6.10 Å². The molecule has 2 heterocycles. The van der Waals surface area contributed by atoms with Crippen molar-refractivity contribution < 1.29 is 14.2 Å². The third-order valence-corrected chi connectivity index (χ3v) is 4.04. The summed E-state index contributed by atoms with van der Waals surface area (Å²) in [5, 5.41) is 6.54. The molecule has 1 saturated heterocycles. The van der Waals surface area contributed by atoms with Crippen molar-refractivity contribution in [1.29, 1.82) is 0 Å². The molecule has 0 spiro atoms. The van der Waals surface area contributed by atoms with E-state index in [1.54, 1.807) is 14.2 Å². The monoisotopic (exact) mass is 344 g/mol. The molecule has 0 aliphatic carbocycles. The van der Waals surface area contributed by atoms with Gasteiger partial charge in [0, 0.05) is 31.0 Å². The highest BCUT2D eigenvalue weighted by Crippen LogP contribution is 2.30. The summed E-state index contributed by atoms with van der Waals surface area (Å²) in [5.41, 5.74) is 1.65. The molecule has 2 N–H and O–H groups in total. The van der Waals surface area contributed by atoms with E-state index in [0.29, 0.717) is 11.7 Å². The van der Waals surface area contributed by atoms with Gasteiger partial charge >= 0.3 is 0 Å². The molecule has 1 atom stereocenters. The number of aryl methyl sites for hydroxylation is 1. The minimum atomic E-state index is 0.258. The maximum Gasteiger partial charge on any atom is 0.229 e. The summed E-state index contributed by atoms with van der Waals surface area (Å²) >= 11 is 0. The van der Waals surface area contributed by atoms with Crippen molar-refractivity contribution in [2.75, 3.05) is 38.0 Å². The van der Waals surface area contributed by atoms with E-state index >= 15 is 0 Å². The molecule has 1 aromatic carbocycles. The van der Waals surface area contributed by atoms with E-state index in [0.717, 1.165) is 48.9 Å². The Morgan fingerprint density at radius 1 is 1.20 bits per heavy atom. The molecule has 1 aromatic heterocycles. The molecular weight excluding hydrogens is 320 g/mol. The van der Waals surface area contributed by atoms with E-state index in [1.165, 1.54) is 0 Å². The Kier molecular flexibility index (Phi) is 5.55. The largest absolute Gasteiger partial charge is 0.497 e. The van der Waals surface area contributed by atoms with Gasteiger partial charge in [-0.15, -0.1) is 0 Å². The van der Waals surface area contributed by atoms with Gasteiger partial charge in [-0.2, -0.15) is 4.98 Å². The SMILES string of the molecule is COc1ccc(Nc2nc(C)cc(NCC3CCCO3)n2)c(OC)c1. The summed E-state index contributed by atoms with van der Waals surface area (Å²) in [5.74, 6) is 2.68. The molecule has 0 saturated carbocycles. The number of nitrogens with zero attached hydrogens (tertiary/aromatic N) is 2. The third kappa shape index (κ3) is 4.51. The van der Waals surface area contributed by atoms with Crippen molar-refractivity contribution in [3.8, 4) is 11.5 Å². The maximum absolute atomic E-state index is 5.63. The fourth-order valence-electron chi connectivity index (χ4n) is 2.76. The molecule has 134 valence electrons. The van der Waals surface area contributed by atoms with Gasteiger partial charge in [0.05, 0.1) is 26.0 Å². The fraction of sp³-hybridized carbons (Fsp3) is 0.444. The van der Waals surface area contributed by atoms with Crippen LogP contribution in [0.2, 0.25) is 0 Å². The molecule has 1 unspecified atom stereocenters. The highest BCUT2D eigenvalue weighted by atomic mass is 16.5. The first kappa shape index (κ1) is 17.3. The van der Waals surface area contributed by atoms with Crippen molar-refractivity contribution in [2.45, 2.75) is 25.9 Å². The van der Waals surface area contributed by atoms with Crippen molar-refractivity contribution in [3.05, 3.63) is 30.0 Å². The number of hydrogen-bond donors (Lipinski definition) is 2. The number of nitrogens with one attached hydrogen (secondary N) is 2. The van der Waals surface area contributed by atoms with Crippen LogP contribution in [0.15, 0.2) is 24.3 Å². The van der Waals surface area contributed by atoms with Gasteiger partial charge in [0.1, 0.15) is 17.3 Å². The summed E-state index contributed by atoms with van der Waals surface area (Å²) in [6, 6.07) is 7.47. The molecule has 0 bridgehead atoms. The highest BCUT2D eigenvalue weighted by Gasteiger charge is 2.15. The molecular formula is C18H24N4O3. The van der Waals surface area contributed by atoms with Gasteiger partial charge in [-0.1, -0.05) is 0 Å². The smallest absolute Gasteiger partial charge is 0.229 e. The number of aromatic nitrogens is 2. The minimum Gasteiger partial charge on any atom is -0.497 e. The molecule has 25 heavy (non-hydrogen) atoms. The Morgan fingerprint density at radius 3 is 2.80 bits per heavy atom. The van der Waals surface area contributed by atoms with Gasteiger partial charge < -0.3 is 24.8 Å². The summed E-state index contributed by atoms with van der Waals surface area (Å²) in [6.45, 7) is 3.54. The second-order valence-electron chi connectivity index (χ2n) is 5.93. The van der Waals surface area contributed by atoms with Crippen molar-refractivity contribution in [1.82, 2.24) is 9.97 Å². The maximum atomic E-state index is 5.63. The normalized spacial score (nSPS) is 16.5. The van der Waals surface area contributed by atoms with Crippen LogP contribution in [0.4, 0.5) is 17.5 Å². The zero-order valence-electron chi connectivity index (χ0n) is 14.8. The van der Waals surface area contributed by atoms with Crippen LogP contribution in [0, 0.1) is 6.92 Å². The van der Waals surface area contributed by atoms with Gasteiger partial charge in [-0.25, -0.2) is 4.98 Å². The first-order valence-electron chi connectivity index (χ1n) is 8.38. The number of methoxy groups -OCH3 is 2. The van der Waals surface area contributed by atoms with E-state index in [4.69, 9.17) is 14.2 Å². The summed E-state index contributed by atoms with van der Waals surface area (Å²) in [7, 11) is 3.24. The number of anilines is 3. The number of ether oxygens (including phenoxy) is 3. The summed E-state index contributed by atoms with van der Waals surface area (Å²) < 4.78 is 16.3. The molecule has 1 aliphatic rings. The van der Waals surface area contributed by atoms with Gasteiger partial charge in [-0.3, -0.25) is 0 Å². The van der Waals surface area contributed by atoms with Crippen LogP contribution in [0.3, 0.4) is 0 Å². The molecule has 0 radical (unpaired) electrons. The molecule has 0 amide bonds. The Morgan fingerprint density at radius 2 is 2.08 bits per heavy atom. The van der Waals surface area contributed by atoms with Crippen LogP contribution in [0.25, 0.3) is 0 Å². The average Bonchev–Trinajstić information content (AvgIpc) is 3.13.